The maximum Gasteiger partial charge on any atom is 0.227 e. The minimum absolute atomic E-state index is 0.535. The van der Waals surface area contributed by atoms with Gasteiger partial charge in [0.15, 0.2) is 5.58 Å². The van der Waals surface area contributed by atoms with Crippen molar-refractivity contribution < 1.29 is 8.83 Å². The first kappa shape index (κ1) is 18.8. The lowest BCUT2D eigenvalue weighted by molar-refractivity contribution is 0.575. The molecule has 0 unspecified atom stereocenters. The van der Waals surface area contributed by atoms with Gasteiger partial charge in [0, 0.05) is 22.3 Å². The number of fused-ring (bicyclic) bond motifs is 1. The molecule has 146 valence electrons. The monoisotopic (exact) mass is 477 g/mol. The van der Waals surface area contributed by atoms with Crippen LogP contribution >= 0.6 is 27.5 Å². The first-order valence-corrected chi connectivity index (χ1v) is 10.2. The Morgan fingerprint density at radius 2 is 1.77 bits per heavy atom. The molecular weight excluding hydrogens is 466 g/mol. The molecule has 0 amide bonds. The summed E-state index contributed by atoms with van der Waals surface area (Å²) in [7, 11) is 0. The summed E-state index contributed by atoms with van der Waals surface area (Å²) in [6.07, 6.45) is 3.38. The van der Waals surface area contributed by atoms with Crippen LogP contribution in [-0.4, -0.2) is 16.2 Å². The Morgan fingerprint density at radius 1 is 0.900 bits per heavy atom. The lowest BCUT2D eigenvalue weighted by Gasteiger charge is -1.96. The number of benzene rings is 2. The summed E-state index contributed by atoms with van der Waals surface area (Å²) in [6, 6.07) is 20.6. The van der Waals surface area contributed by atoms with Gasteiger partial charge in [-0.3, -0.25) is 4.99 Å². The van der Waals surface area contributed by atoms with E-state index in [1.807, 2.05) is 66.7 Å². The number of furan rings is 1. The molecule has 0 aliphatic carbocycles. The van der Waals surface area contributed by atoms with E-state index in [2.05, 4.69) is 30.9 Å². The number of hydrogen-bond acceptors (Lipinski definition) is 5. The first-order valence-electron chi connectivity index (χ1n) is 9.06. The Morgan fingerprint density at radius 3 is 2.60 bits per heavy atom. The summed E-state index contributed by atoms with van der Waals surface area (Å²) >= 11 is 9.30. The van der Waals surface area contributed by atoms with Gasteiger partial charge in [0.25, 0.3) is 0 Å². The minimum atomic E-state index is 0.535. The van der Waals surface area contributed by atoms with E-state index in [1.165, 1.54) is 0 Å². The minimum Gasteiger partial charge on any atom is -0.455 e. The van der Waals surface area contributed by atoms with Crippen molar-refractivity contribution in [3.05, 3.63) is 88.3 Å². The van der Waals surface area contributed by atoms with Crippen LogP contribution in [0.1, 0.15) is 5.76 Å². The van der Waals surface area contributed by atoms with Crippen molar-refractivity contribution in [2.45, 2.75) is 0 Å². The Balaban J connectivity index is 1.39. The van der Waals surface area contributed by atoms with Gasteiger partial charge in [-0.05, 0) is 82.7 Å². The summed E-state index contributed by atoms with van der Waals surface area (Å²) < 4.78 is 12.4. The van der Waals surface area contributed by atoms with Crippen LogP contribution in [0.3, 0.4) is 0 Å². The number of rotatable bonds is 4. The Kier molecular flexibility index (Phi) is 4.94. The van der Waals surface area contributed by atoms with Crippen molar-refractivity contribution in [1.29, 1.82) is 0 Å². The second-order valence-electron chi connectivity index (χ2n) is 6.51. The zero-order chi connectivity index (χ0) is 20.5. The number of aromatic nitrogens is 2. The van der Waals surface area contributed by atoms with Gasteiger partial charge in [-0.1, -0.05) is 11.6 Å². The van der Waals surface area contributed by atoms with E-state index in [0.717, 1.165) is 32.7 Å². The summed E-state index contributed by atoms with van der Waals surface area (Å²) in [6.45, 7) is 0. The van der Waals surface area contributed by atoms with Gasteiger partial charge in [-0.25, -0.2) is 9.97 Å². The summed E-state index contributed by atoms with van der Waals surface area (Å²) in [5.41, 5.74) is 3.98. The van der Waals surface area contributed by atoms with E-state index in [9.17, 15) is 0 Å². The topological polar surface area (TPSA) is 64.4 Å². The van der Waals surface area contributed by atoms with Crippen LogP contribution in [0, 0.1) is 0 Å². The second-order valence-corrected chi connectivity index (χ2v) is 7.75. The molecule has 0 aliphatic rings. The van der Waals surface area contributed by atoms with Crippen molar-refractivity contribution in [2.75, 3.05) is 0 Å². The van der Waals surface area contributed by atoms with E-state index in [1.54, 1.807) is 12.4 Å². The fourth-order valence-corrected chi connectivity index (χ4v) is 3.48. The quantitative estimate of drug-likeness (QED) is 0.200. The van der Waals surface area contributed by atoms with Gasteiger partial charge >= 0.3 is 0 Å². The molecule has 0 radical (unpaired) electrons. The SMILES string of the molecule is Clc1ccc(-c2ccc(C=Nc3ccc4oc(-c5ccnc(Br)c5)nc4c3)o2)cc1. The lowest BCUT2D eigenvalue weighted by Crippen LogP contribution is -1.79. The maximum absolute atomic E-state index is 5.94. The van der Waals surface area contributed by atoms with Crippen molar-refractivity contribution in [2.24, 2.45) is 4.99 Å². The van der Waals surface area contributed by atoms with E-state index in [0.29, 0.717) is 22.3 Å². The third-order valence-corrected chi connectivity index (χ3v) is 5.13. The largest absolute Gasteiger partial charge is 0.455 e. The molecule has 0 aliphatic heterocycles. The molecule has 0 N–H and O–H groups in total. The highest BCUT2D eigenvalue weighted by Gasteiger charge is 2.09. The molecule has 3 heterocycles. The van der Waals surface area contributed by atoms with Gasteiger partial charge in [-0.15, -0.1) is 0 Å². The van der Waals surface area contributed by atoms with Crippen molar-refractivity contribution in [3.8, 4) is 22.8 Å². The van der Waals surface area contributed by atoms with Gasteiger partial charge < -0.3 is 8.83 Å². The smallest absolute Gasteiger partial charge is 0.227 e. The zero-order valence-corrected chi connectivity index (χ0v) is 17.8. The highest BCUT2D eigenvalue weighted by molar-refractivity contribution is 9.10. The number of oxazole rings is 1. The third kappa shape index (κ3) is 3.92. The van der Waals surface area contributed by atoms with Crippen LogP contribution in [0.4, 0.5) is 5.69 Å². The van der Waals surface area contributed by atoms with E-state index < -0.39 is 0 Å². The zero-order valence-electron chi connectivity index (χ0n) is 15.4. The molecule has 7 heteroatoms. The molecule has 3 aromatic heterocycles. The summed E-state index contributed by atoms with van der Waals surface area (Å²) in [4.78, 5) is 13.2. The van der Waals surface area contributed by atoms with Crippen LogP contribution in [0.25, 0.3) is 33.9 Å². The number of aliphatic imine (C=N–C) groups is 1. The highest BCUT2D eigenvalue weighted by Crippen LogP contribution is 2.28. The van der Waals surface area contributed by atoms with Crippen LogP contribution in [0.5, 0.6) is 0 Å². The average molecular weight is 479 g/mol. The van der Waals surface area contributed by atoms with E-state index in [4.69, 9.17) is 20.4 Å². The summed E-state index contributed by atoms with van der Waals surface area (Å²) in [5, 5.41) is 0.690. The molecular formula is C23H13BrClN3O2. The van der Waals surface area contributed by atoms with Gasteiger partial charge in [-0.2, -0.15) is 0 Å². The highest BCUT2D eigenvalue weighted by atomic mass is 79.9. The normalized spacial score (nSPS) is 11.5. The van der Waals surface area contributed by atoms with Gasteiger partial charge in [0.1, 0.15) is 21.6 Å². The maximum atomic E-state index is 5.94. The molecule has 0 saturated heterocycles. The lowest BCUT2D eigenvalue weighted by atomic mass is 10.2. The Bertz CT molecular complexity index is 1370. The molecule has 0 spiro atoms. The molecule has 5 nitrogen and oxygen atoms in total. The fraction of sp³-hybridized carbons (Fsp3) is 0. The van der Waals surface area contributed by atoms with Crippen LogP contribution in [0.15, 0.2) is 91.4 Å². The first-order chi connectivity index (χ1) is 14.6. The van der Waals surface area contributed by atoms with Crippen LogP contribution in [0.2, 0.25) is 5.02 Å². The molecule has 5 aromatic rings. The molecule has 0 bridgehead atoms. The standard InChI is InChI=1S/C23H13BrClN3O2/c24-22-11-15(9-10-26-22)23-28-19-12-17(5-7-21(19)30-23)27-13-18-6-8-20(29-18)14-1-3-16(25)4-2-14/h1-13H. The van der Waals surface area contributed by atoms with Crippen molar-refractivity contribution >= 4 is 50.5 Å². The van der Waals surface area contributed by atoms with Crippen molar-refractivity contribution in [1.82, 2.24) is 9.97 Å². The van der Waals surface area contributed by atoms with Crippen LogP contribution in [-0.2, 0) is 0 Å². The number of pyridine rings is 1. The Labute approximate surface area is 185 Å². The predicted octanol–water partition coefficient (Wildman–Crippen LogP) is 7.32. The molecule has 5 rings (SSSR count). The van der Waals surface area contributed by atoms with E-state index in [-0.39, 0.29) is 0 Å². The number of hydrogen-bond donors (Lipinski definition) is 0. The second kappa shape index (κ2) is 7.89. The molecule has 0 atom stereocenters. The Hall–Kier alpha value is -3.22. The molecule has 0 fully saturated rings. The van der Waals surface area contributed by atoms with Gasteiger partial charge in [0.2, 0.25) is 5.89 Å². The number of nitrogens with zero attached hydrogens (tertiary/aromatic N) is 3. The third-order valence-electron chi connectivity index (χ3n) is 4.44. The van der Waals surface area contributed by atoms with Crippen molar-refractivity contribution in [3.63, 3.8) is 0 Å². The predicted molar refractivity (Wildman–Crippen MR) is 121 cm³/mol. The molecule has 30 heavy (non-hydrogen) atoms. The van der Waals surface area contributed by atoms with E-state index >= 15 is 0 Å². The van der Waals surface area contributed by atoms with Crippen LogP contribution < -0.4 is 0 Å². The molecule has 0 saturated carbocycles. The fourth-order valence-electron chi connectivity index (χ4n) is 2.98. The molecule has 2 aromatic carbocycles. The average Bonchev–Trinajstić information content (AvgIpc) is 3.39. The summed E-state index contributed by atoms with van der Waals surface area (Å²) in [5.74, 6) is 1.95. The number of halogens is 2. The van der Waals surface area contributed by atoms with Gasteiger partial charge in [0.05, 0.1) is 11.9 Å².